The molecule has 0 aliphatic heterocycles. The molecule has 0 saturated heterocycles. The van der Waals surface area contributed by atoms with Crippen molar-refractivity contribution in [1.29, 1.82) is 0 Å². The van der Waals surface area contributed by atoms with Crippen molar-refractivity contribution < 1.29 is 9.15 Å². The molecule has 0 radical (unpaired) electrons. The topological polar surface area (TPSA) is 48.2 Å². The van der Waals surface area contributed by atoms with Crippen molar-refractivity contribution >= 4 is 0 Å². The average molecular weight is 356 g/mol. The summed E-state index contributed by atoms with van der Waals surface area (Å²) in [6.07, 6.45) is 0.982. The van der Waals surface area contributed by atoms with Crippen LogP contribution in [0.4, 0.5) is 0 Å². The van der Waals surface area contributed by atoms with Gasteiger partial charge in [-0.15, -0.1) is 10.2 Å². The molecule has 4 rings (SSSR count). The van der Waals surface area contributed by atoms with Gasteiger partial charge in [-0.3, -0.25) is 0 Å². The lowest BCUT2D eigenvalue weighted by molar-refractivity contribution is 0.317. The highest BCUT2D eigenvalue weighted by molar-refractivity contribution is 5.80. The van der Waals surface area contributed by atoms with Gasteiger partial charge in [-0.05, 0) is 47.9 Å². The average Bonchev–Trinajstić information content (AvgIpc) is 3.23. The number of hydrogen-bond acceptors (Lipinski definition) is 4. The van der Waals surface area contributed by atoms with E-state index in [-0.39, 0.29) is 0 Å². The highest BCUT2D eigenvalue weighted by Gasteiger charge is 2.14. The minimum Gasteiger partial charge on any atom is -0.494 e. The number of nitrogens with zero attached hydrogens (tertiary/aromatic N) is 2. The van der Waals surface area contributed by atoms with Gasteiger partial charge in [0, 0.05) is 11.1 Å². The molecule has 0 unspecified atom stereocenters. The van der Waals surface area contributed by atoms with Crippen LogP contribution in [0, 0.1) is 0 Å². The van der Waals surface area contributed by atoms with Crippen molar-refractivity contribution in [2.45, 2.75) is 13.3 Å². The summed E-state index contributed by atoms with van der Waals surface area (Å²) >= 11 is 0. The van der Waals surface area contributed by atoms with Crippen LogP contribution in [-0.4, -0.2) is 16.8 Å². The molecule has 0 amide bonds. The largest absolute Gasteiger partial charge is 0.494 e. The lowest BCUT2D eigenvalue weighted by Crippen LogP contribution is -1.94. The molecular formula is C23H20N2O2. The predicted molar refractivity (Wildman–Crippen MR) is 106 cm³/mol. The first-order valence-corrected chi connectivity index (χ1v) is 9.06. The molecule has 134 valence electrons. The predicted octanol–water partition coefficient (Wildman–Crippen LogP) is 5.86. The second-order valence-corrected chi connectivity index (χ2v) is 6.20. The Morgan fingerprint density at radius 1 is 0.704 bits per heavy atom. The fourth-order valence-electron chi connectivity index (χ4n) is 2.90. The van der Waals surface area contributed by atoms with Gasteiger partial charge in [-0.1, -0.05) is 55.5 Å². The number of aromatic nitrogens is 2. The molecular weight excluding hydrogens is 336 g/mol. The van der Waals surface area contributed by atoms with Crippen LogP contribution in [0.2, 0.25) is 0 Å². The van der Waals surface area contributed by atoms with Crippen molar-refractivity contribution in [3.63, 3.8) is 0 Å². The van der Waals surface area contributed by atoms with Crippen LogP contribution < -0.4 is 4.74 Å². The van der Waals surface area contributed by atoms with Crippen molar-refractivity contribution in [2.24, 2.45) is 0 Å². The van der Waals surface area contributed by atoms with E-state index in [1.165, 1.54) is 0 Å². The summed E-state index contributed by atoms with van der Waals surface area (Å²) in [4.78, 5) is 0. The Morgan fingerprint density at radius 3 is 2.11 bits per heavy atom. The molecule has 0 aliphatic carbocycles. The molecule has 0 aliphatic rings. The van der Waals surface area contributed by atoms with E-state index in [9.17, 15) is 0 Å². The molecule has 4 aromatic rings. The van der Waals surface area contributed by atoms with E-state index < -0.39 is 0 Å². The molecule has 0 atom stereocenters. The highest BCUT2D eigenvalue weighted by atomic mass is 16.5. The maximum absolute atomic E-state index is 5.98. The lowest BCUT2D eigenvalue weighted by Gasteiger charge is -2.06. The Kier molecular flexibility index (Phi) is 4.97. The zero-order valence-corrected chi connectivity index (χ0v) is 15.1. The van der Waals surface area contributed by atoms with Gasteiger partial charge in [-0.2, -0.15) is 0 Å². The molecule has 27 heavy (non-hydrogen) atoms. The zero-order chi connectivity index (χ0) is 18.5. The van der Waals surface area contributed by atoms with E-state index in [0.717, 1.165) is 34.4 Å². The zero-order valence-electron chi connectivity index (χ0n) is 15.1. The second kappa shape index (κ2) is 7.87. The van der Waals surface area contributed by atoms with Gasteiger partial charge >= 0.3 is 0 Å². The molecule has 3 aromatic carbocycles. The molecule has 0 saturated carbocycles. The summed E-state index contributed by atoms with van der Waals surface area (Å²) in [5.41, 5.74) is 3.97. The van der Waals surface area contributed by atoms with Gasteiger partial charge < -0.3 is 9.15 Å². The first kappa shape index (κ1) is 17.0. The first-order valence-electron chi connectivity index (χ1n) is 9.06. The van der Waals surface area contributed by atoms with Gasteiger partial charge in [0.25, 0.3) is 0 Å². The fraction of sp³-hybridized carbons (Fsp3) is 0.130. The van der Waals surface area contributed by atoms with Crippen LogP contribution in [0.25, 0.3) is 34.0 Å². The summed E-state index contributed by atoms with van der Waals surface area (Å²) in [7, 11) is 0. The van der Waals surface area contributed by atoms with Gasteiger partial charge in [0.1, 0.15) is 5.75 Å². The molecule has 0 spiro atoms. The number of ether oxygens (including phenoxy) is 1. The minimum absolute atomic E-state index is 0.495. The highest BCUT2D eigenvalue weighted by Crippen LogP contribution is 2.32. The minimum atomic E-state index is 0.495. The van der Waals surface area contributed by atoms with Crippen LogP contribution in [-0.2, 0) is 0 Å². The van der Waals surface area contributed by atoms with Crippen LogP contribution >= 0.6 is 0 Å². The molecule has 0 N–H and O–H groups in total. The standard InChI is InChI=1S/C23H20N2O2/c1-2-16-26-19-14-12-18(13-15-19)22-24-25-23(27-22)21-11-7-6-10-20(21)17-8-4-3-5-9-17/h3-15H,2,16H2,1H3. The Morgan fingerprint density at radius 2 is 1.37 bits per heavy atom. The number of hydrogen-bond donors (Lipinski definition) is 0. The normalized spacial score (nSPS) is 10.7. The lowest BCUT2D eigenvalue weighted by atomic mass is 10.00. The Hall–Kier alpha value is -3.40. The molecule has 1 heterocycles. The van der Waals surface area contributed by atoms with Gasteiger partial charge in [0.05, 0.1) is 6.61 Å². The van der Waals surface area contributed by atoms with E-state index in [4.69, 9.17) is 9.15 Å². The van der Waals surface area contributed by atoms with Crippen molar-refractivity contribution in [1.82, 2.24) is 10.2 Å². The van der Waals surface area contributed by atoms with E-state index in [0.29, 0.717) is 18.4 Å². The van der Waals surface area contributed by atoms with Gasteiger partial charge in [-0.25, -0.2) is 0 Å². The van der Waals surface area contributed by atoms with E-state index in [1.54, 1.807) is 0 Å². The summed E-state index contributed by atoms with van der Waals surface area (Å²) < 4.78 is 11.6. The monoisotopic (exact) mass is 356 g/mol. The van der Waals surface area contributed by atoms with Gasteiger partial charge in [0.15, 0.2) is 0 Å². The van der Waals surface area contributed by atoms with E-state index in [2.05, 4.69) is 35.3 Å². The summed E-state index contributed by atoms with van der Waals surface area (Å²) in [5.74, 6) is 1.85. The van der Waals surface area contributed by atoms with Crippen LogP contribution in [0.1, 0.15) is 13.3 Å². The maximum Gasteiger partial charge on any atom is 0.248 e. The number of benzene rings is 3. The van der Waals surface area contributed by atoms with Gasteiger partial charge in [0.2, 0.25) is 11.8 Å². The first-order chi connectivity index (χ1) is 13.3. The summed E-state index contributed by atoms with van der Waals surface area (Å²) in [6.45, 7) is 2.79. The summed E-state index contributed by atoms with van der Waals surface area (Å²) in [6, 6.07) is 26.0. The quantitative estimate of drug-likeness (QED) is 0.434. The maximum atomic E-state index is 5.98. The Bertz CT molecular complexity index is 1010. The third-order valence-electron chi connectivity index (χ3n) is 4.24. The summed E-state index contributed by atoms with van der Waals surface area (Å²) in [5, 5.41) is 8.51. The van der Waals surface area contributed by atoms with Crippen LogP contribution in [0.15, 0.2) is 83.3 Å². The fourth-order valence-corrected chi connectivity index (χ4v) is 2.90. The Balaban J connectivity index is 1.64. The van der Waals surface area contributed by atoms with Crippen molar-refractivity contribution in [2.75, 3.05) is 6.61 Å². The van der Waals surface area contributed by atoms with E-state index in [1.807, 2.05) is 60.7 Å². The number of rotatable bonds is 6. The molecule has 1 aromatic heterocycles. The SMILES string of the molecule is CCCOc1ccc(-c2nnc(-c3ccccc3-c3ccccc3)o2)cc1. The third-order valence-corrected chi connectivity index (χ3v) is 4.24. The van der Waals surface area contributed by atoms with Crippen molar-refractivity contribution in [3.05, 3.63) is 78.9 Å². The van der Waals surface area contributed by atoms with Crippen molar-refractivity contribution in [3.8, 4) is 39.8 Å². The Labute approximate surface area is 158 Å². The molecule has 0 fully saturated rings. The second-order valence-electron chi connectivity index (χ2n) is 6.20. The molecule has 4 heteroatoms. The smallest absolute Gasteiger partial charge is 0.248 e. The molecule has 4 nitrogen and oxygen atoms in total. The molecule has 0 bridgehead atoms. The van der Waals surface area contributed by atoms with Crippen LogP contribution in [0.5, 0.6) is 5.75 Å². The van der Waals surface area contributed by atoms with E-state index >= 15 is 0 Å². The van der Waals surface area contributed by atoms with Crippen LogP contribution in [0.3, 0.4) is 0 Å². The third kappa shape index (κ3) is 3.75.